The zero-order chi connectivity index (χ0) is 35.6. The van der Waals surface area contributed by atoms with Crippen molar-refractivity contribution < 1.29 is 4.42 Å². The molecule has 11 rings (SSSR count). The molecule has 0 N–H and O–H groups in total. The van der Waals surface area contributed by atoms with Gasteiger partial charge in [0.1, 0.15) is 11.2 Å². The molecule has 0 bridgehead atoms. The molecule has 1 aromatic heterocycles. The topological polar surface area (TPSA) is 16.4 Å². The van der Waals surface area contributed by atoms with Crippen LogP contribution in [0.15, 0.2) is 205 Å². The second kappa shape index (κ2) is 12.2. The number of benzene rings is 10. The highest BCUT2D eigenvalue weighted by atomic mass is 16.3. The molecule has 0 amide bonds. The minimum atomic E-state index is 0.900. The summed E-state index contributed by atoms with van der Waals surface area (Å²) in [5.74, 6) is 0. The van der Waals surface area contributed by atoms with Gasteiger partial charge in [-0.15, -0.1) is 0 Å². The van der Waals surface area contributed by atoms with Crippen molar-refractivity contribution in [1.29, 1.82) is 0 Å². The molecule has 0 unspecified atom stereocenters. The first kappa shape index (κ1) is 30.5. The van der Waals surface area contributed by atoms with E-state index in [4.69, 9.17) is 4.42 Å². The average Bonchev–Trinajstić information content (AvgIpc) is 3.63. The summed E-state index contributed by atoms with van der Waals surface area (Å²) in [6.45, 7) is 0. The van der Waals surface area contributed by atoms with E-state index in [9.17, 15) is 0 Å². The van der Waals surface area contributed by atoms with Gasteiger partial charge < -0.3 is 9.32 Å². The number of nitrogens with zero attached hydrogens (tertiary/aromatic N) is 1. The van der Waals surface area contributed by atoms with E-state index in [0.717, 1.165) is 44.4 Å². The zero-order valence-corrected chi connectivity index (χ0v) is 29.4. The third kappa shape index (κ3) is 4.74. The summed E-state index contributed by atoms with van der Waals surface area (Å²) in [5, 5.41) is 12.2. The second-order valence-electron chi connectivity index (χ2n) is 14.0. The summed E-state index contributed by atoms with van der Waals surface area (Å²) >= 11 is 0. The van der Waals surface area contributed by atoms with Crippen LogP contribution in [-0.4, -0.2) is 0 Å². The monoisotopic (exact) mass is 687 g/mol. The molecule has 11 aromatic rings. The van der Waals surface area contributed by atoms with Crippen molar-refractivity contribution in [2.45, 2.75) is 0 Å². The van der Waals surface area contributed by atoms with E-state index < -0.39 is 0 Å². The molecule has 252 valence electrons. The van der Waals surface area contributed by atoms with E-state index in [-0.39, 0.29) is 0 Å². The van der Waals surface area contributed by atoms with E-state index in [1.54, 1.807) is 0 Å². The van der Waals surface area contributed by atoms with E-state index in [1.165, 1.54) is 60.0 Å². The van der Waals surface area contributed by atoms with Crippen LogP contribution in [0, 0.1) is 0 Å². The normalized spacial score (nSPS) is 11.7. The minimum Gasteiger partial charge on any atom is -0.456 e. The quantitative estimate of drug-likeness (QED) is 0.168. The predicted octanol–water partition coefficient (Wildman–Crippen LogP) is 15.0. The van der Waals surface area contributed by atoms with Gasteiger partial charge in [0, 0.05) is 27.4 Å². The fourth-order valence-corrected chi connectivity index (χ4v) is 8.60. The van der Waals surface area contributed by atoms with Crippen LogP contribution in [0.4, 0.5) is 17.1 Å². The molecule has 54 heavy (non-hydrogen) atoms. The number of hydrogen-bond donors (Lipinski definition) is 0. The summed E-state index contributed by atoms with van der Waals surface area (Å²) in [4.78, 5) is 2.42. The molecular formula is C52H33NO. The maximum Gasteiger partial charge on any atom is 0.136 e. The number of anilines is 3. The highest BCUT2D eigenvalue weighted by molar-refractivity contribution is 6.22. The summed E-state index contributed by atoms with van der Waals surface area (Å²) < 4.78 is 6.33. The van der Waals surface area contributed by atoms with Gasteiger partial charge in [-0.3, -0.25) is 0 Å². The third-order valence-corrected chi connectivity index (χ3v) is 11.0. The van der Waals surface area contributed by atoms with E-state index in [0.29, 0.717) is 0 Å². The van der Waals surface area contributed by atoms with Crippen LogP contribution in [0.2, 0.25) is 0 Å². The molecule has 0 aliphatic carbocycles. The molecule has 10 aromatic carbocycles. The molecule has 0 aliphatic rings. The Morgan fingerprint density at radius 3 is 1.81 bits per heavy atom. The Morgan fingerprint density at radius 2 is 0.907 bits per heavy atom. The van der Waals surface area contributed by atoms with Crippen LogP contribution in [0.5, 0.6) is 0 Å². The van der Waals surface area contributed by atoms with Crippen LogP contribution in [-0.2, 0) is 0 Å². The van der Waals surface area contributed by atoms with E-state index >= 15 is 0 Å². The van der Waals surface area contributed by atoms with Crippen LogP contribution < -0.4 is 4.90 Å². The standard InChI is InChI=1S/C52H33NO/c1-2-12-34(13-3-1)40-17-6-8-21-47(40)53(48-22-11-20-44-43(48)32-33-50-52(44)46-18-7-9-23-49(46)54-50)38-28-24-36(25-29-38)41-19-10-15-37-27-30-42-39-16-5-4-14-35(39)26-31-45(42)51(37)41/h1-33H. The lowest BCUT2D eigenvalue weighted by Gasteiger charge is -2.29. The largest absolute Gasteiger partial charge is 0.456 e. The first-order valence-electron chi connectivity index (χ1n) is 18.5. The fourth-order valence-electron chi connectivity index (χ4n) is 8.60. The van der Waals surface area contributed by atoms with Crippen LogP contribution in [0.3, 0.4) is 0 Å². The number of para-hydroxylation sites is 2. The Kier molecular flexibility index (Phi) is 6.90. The van der Waals surface area contributed by atoms with E-state index in [2.05, 4.69) is 199 Å². The molecule has 0 spiro atoms. The molecule has 0 saturated heterocycles. The Balaban J connectivity index is 1.13. The van der Waals surface area contributed by atoms with Gasteiger partial charge in [-0.05, 0) is 96.9 Å². The van der Waals surface area contributed by atoms with Crippen molar-refractivity contribution in [2.75, 3.05) is 4.90 Å². The summed E-state index contributed by atoms with van der Waals surface area (Å²) in [5.41, 5.74) is 9.88. The molecule has 0 saturated carbocycles. The van der Waals surface area contributed by atoms with Gasteiger partial charge in [0.2, 0.25) is 0 Å². The smallest absolute Gasteiger partial charge is 0.136 e. The van der Waals surface area contributed by atoms with Crippen molar-refractivity contribution in [3.8, 4) is 22.3 Å². The molecule has 0 aliphatic heterocycles. The molecule has 0 radical (unpaired) electrons. The van der Waals surface area contributed by atoms with Crippen molar-refractivity contribution >= 4 is 82.1 Å². The lowest BCUT2D eigenvalue weighted by molar-refractivity contribution is 0.669. The summed E-state index contributed by atoms with van der Waals surface area (Å²) in [6.07, 6.45) is 0. The molecule has 2 nitrogen and oxygen atoms in total. The maximum absolute atomic E-state index is 6.33. The molecule has 2 heteroatoms. The van der Waals surface area contributed by atoms with Gasteiger partial charge in [0.25, 0.3) is 0 Å². The summed E-state index contributed by atoms with van der Waals surface area (Å²) in [7, 11) is 0. The molecule has 1 heterocycles. The third-order valence-electron chi connectivity index (χ3n) is 11.0. The SMILES string of the molecule is c1ccc(-c2ccccc2N(c2ccc(-c3cccc4ccc5c6ccccc6ccc5c34)cc2)c2cccc3c2ccc2oc4ccccc4c23)cc1. The maximum atomic E-state index is 6.33. The Bertz CT molecular complexity index is 3210. The second-order valence-corrected chi connectivity index (χ2v) is 14.0. The Hall–Kier alpha value is -7.16. The van der Waals surface area contributed by atoms with Gasteiger partial charge in [0.05, 0.1) is 11.4 Å². The highest BCUT2D eigenvalue weighted by Crippen LogP contribution is 2.46. The van der Waals surface area contributed by atoms with Crippen molar-refractivity contribution in [3.05, 3.63) is 200 Å². The minimum absolute atomic E-state index is 0.900. The average molecular weight is 688 g/mol. The van der Waals surface area contributed by atoms with Gasteiger partial charge in [0.15, 0.2) is 0 Å². The number of hydrogen-bond acceptors (Lipinski definition) is 2. The zero-order valence-electron chi connectivity index (χ0n) is 29.4. The number of fused-ring (bicyclic) bond motifs is 10. The van der Waals surface area contributed by atoms with Gasteiger partial charge >= 0.3 is 0 Å². The molecule has 0 atom stereocenters. The summed E-state index contributed by atoms with van der Waals surface area (Å²) in [6, 6.07) is 72.3. The highest BCUT2D eigenvalue weighted by Gasteiger charge is 2.21. The van der Waals surface area contributed by atoms with Crippen LogP contribution in [0.25, 0.3) is 87.3 Å². The van der Waals surface area contributed by atoms with Crippen molar-refractivity contribution in [3.63, 3.8) is 0 Å². The molecular weight excluding hydrogens is 655 g/mol. The Labute approximate surface area is 312 Å². The Morgan fingerprint density at radius 1 is 0.296 bits per heavy atom. The predicted molar refractivity (Wildman–Crippen MR) is 229 cm³/mol. The number of furan rings is 1. The number of rotatable bonds is 5. The lowest BCUT2D eigenvalue weighted by atomic mass is 9.91. The van der Waals surface area contributed by atoms with E-state index in [1.807, 2.05) is 6.07 Å². The van der Waals surface area contributed by atoms with Gasteiger partial charge in [-0.25, -0.2) is 0 Å². The fraction of sp³-hybridized carbons (Fsp3) is 0. The first-order chi connectivity index (χ1) is 26.8. The van der Waals surface area contributed by atoms with Crippen molar-refractivity contribution in [2.24, 2.45) is 0 Å². The van der Waals surface area contributed by atoms with Crippen molar-refractivity contribution in [1.82, 2.24) is 0 Å². The van der Waals surface area contributed by atoms with Crippen LogP contribution >= 0.6 is 0 Å². The van der Waals surface area contributed by atoms with Gasteiger partial charge in [-0.2, -0.15) is 0 Å². The van der Waals surface area contributed by atoms with Gasteiger partial charge in [-0.1, -0.05) is 158 Å². The van der Waals surface area contributed by atoms with Crippen LogP contribution in [0.1, 0.15) is 0 Å². The molecule has 0 fully saturated rings. The lowest BCUT2D eigenvalue weighted by Crippen LogP contribution is -2.11. The first-order valence-corrected chi connectivity index (χ1v) is 18.5.